The van der Waals surface area contributed by atoms with Crippen LogP contribution in [0.25, 0.3) is 11.1 Å². The second kappa shape index (κ2) is 12.7. The van der Waals surface area contributed by atoms with Crippen LogP contribution in [0.15, 0.2) is 54.3 Å². The Morgan fingerprint density at radius 3 is 2.58 bits per heavy atom. The Kier molecular flexibility index (Phi) is 8.66. The van der Waals surface area contributed by atoms with Gasteiger partial charge < -0.3 is 19.1 Å². The number of hydrogen-bond donors (Lipinski definition) is 1. The topological polar surface area (TPSA) is 110 Å². The van der Waals surface area contributed by atoms with Crippen LogP contribution in [0.1, 0.15) is 72.0 Å². The van der Waals surface area contributed by atoms with Crippen LogP contribution in [0.3, 0.4) is 0 Å². The number of rotatable bonds is 6. The van der Waals surface area contributed by atoms with Crippen LogP contribution in [-0.2, 0) is 29.0 Å². The van der Waals surface area contributed by atoms with E-state index in [-0.39, 0.29) is 32.5 Å². The van der Waals surface area contributed by atoms with Crippen molar-refractivity contribution in [3.05, 3.63) is 87.4 Å². The van der Waals surface area contributed by atoms with Crippen molar-refractivity contribution in [3.63, 3.8) is 0 Å². The van der Waals surface area contributed by atoms with Crippen molar-refractivity contribution in [2.24, 2.45) is 0 Å². The number of carbonyl (C=O) groups is 3. The second-order valence-electron chi connectivity index (χ2n) is 13.8. The molecule has 5 heterocycles. The van der Waals surface area contributed by atoms with E-state index in [2.05, 4.69) is 15.3 Å². The average Bonchev–Trinajstić information content (AvgIpc) is 3.83. The van der Waals surface area contributed by atoms with Gasteiger partial charge in [-0.25, -0.2) is 27.9 Å². The summed E-state index contributed by atoms with van der Waals surface area (Å²) < 4.78 is 52.1. The lowest BCUT2D eigenvalue weighted by atomic mass is 9.85. The molecule has 0 bridgehead atoms. The number of halogens is 4. The van der Waals surface area contributed by atoms with Crippen molar-refractivity contribution in [2.45, 2.75) is 76.4 Å². The number of piperidine rings is 1. The Morgan fingerprint density at radius 1 is 1.14 bits per heavy atom. The number of amides is 3. The van der Waals surface area contributed by atoms with Crippen molar-refractivity contribution in [1.82, 2.24) is 24.3 Å². The zero-order chi connectivity index (χ0) is 35.5. The third-order valence-electron chi connectivity index (χ3n) is 9.18. The summed E-state index contributed by atoms with van der Waals surface area (Å²) >= 11 is 7.98. The second-order valence-corrected chi connectivity index (χ2v) is 15.1. The molecule has 15 heteroatoms. The molecule has 0 spiro atoms. The maximum Gasteiger partial charge on any atom is 0.410 e. The SMILES string of the molecule is CC(C)(C)OC(=O)N1CCC(c2ccc(-c3cc(Cl)c4c(c3)C(=O)N(C(C(=O)Nc3nccs3)c3ncn5c3C[C@@H](F)C5)C4)cc2)C(F)(F)C1. The first kappa shape index (κ1) is 34.0. The predicted octanol–water partition coefficient (Wildman–Crippen LogP) is 7.25. The number of thiazole rings is 1. The molecule has 7 rings (SSSR count). The fraction of sp³-hybridized carbons (Fsp3) is 0.400. The predicted molar refractivity (Wildman–Crippen MR) is 181 cm³/mol. The largest absolute Gasteiger partial charge is 0.444 e. The van der Waals surface area contributed by atoms with Crippen molar-refractivity contribution in [2.75, 3.05) is 18.4 Å². The van der Waals surface area contributed by atoms with Gasteiger partial charge in [0.05, 0.1) is 31.0 Å². The third-order valence-corrected chi connectivity index (χ3v) is 10.2. The molecule has 3 aliphatic rings. The maximum absolute atomic E-state index is 15.4. The van der Waals surface area contributed by atoms with Crippen LogP contribution >= 0.6 is 22.9 Å². The zero-order valence-corrected chi connectivity index (χ0v) is 29.0. The van der Waals surface area contributed by atoms with Gasteiger partial charge in [-0.15, -0.1) is 11.3 Å². The molecule has 1 fully saturated rings. The van der Waals surface area contributed by atoms with E-state index in [0.717, 1.165) is 4.90 Å². The highest BCUT2D eigenvalue weighted by Gasteiger charge is 2.47. The summed E-state index contributed by atoms with van der Waals surface area (Å²) in [4.78, 5) is 51.3. The van der Waals surface area contributed by atoms with E-state index in [9.17, 15) is 18.8 Å². The summed E-state index contributed by atoms with van der Waals surface area (Å²) in [5.41, 5.74) is 2.54. The number of alkyl halides is 3. The molecule has 1 saturated heterocycles. The Labute approximate surface area is 295 Å². The lowest BCUT2D eigenvalue weighted by Crippen LogP contribution is -2.50. The first-order valence-corrected chi connectivity index (χ1v) is 17.4. The van der Waals surface area contributed by atoms with Crippen molar-refractivity contribution >= 4 is 46.0 Å². The van der Waals surface area contributed by atoms with Gasteiger partial charge in [0.15, 0.2) is 11.2 Å². The number of fused-ring (bicyclic) bond motifs is 2. The van der Waals surface area contributed by atoms with Crippen LogP contribution in [0.5, 0.6) is 0 Å². The van der Waals surface area contributed by atoms with Crippen molar-refractivity contribution in [3.8, 4) is 11.1 Å². The van der Waals surface area contributed by atoms with Gasteiger partial charge in [-0.2, -0.15) is 0 Å². The molecule has 0 aliphatic carbocycles. The van der Waals surface area contributed by atoms with Gasteiger partial charge in [-0.3, -0.25) is 14.9 Å². The minimum atomic E-state index is -3.17. The summed E-state index contributed by atoms with van der Waals surface area (Å²) in [5.74, 6) is -5.26. The van der Waals surface area contributed by atoms with Gasteiger partial charge in [-0.1, -0.05) is 35.9 Å². The minimum Gasteiger partial charge on any atom is -0.444 e. The molecule has 0 radical (unpaired) electrons. The molecule has 2 unspecified atom stereocenters. The molecule has 3 amide bonds. The Hall–Kier alpha value is -4.43. The van der Waals surface area contributed by atoms with E-state index in [4.69, 9.17) is 16.3 Å². The van der Waals surface area contributed by atoms with Gasteiger partial charge >= 0.3 is 6.09 Å². The number of nitrogens with zero attached hydrogens (tertiary/aromatic N) is 5. The van der Waals surface area contributed by atoms with Gasteiger partial charge in [0, 0.05) is 52.9 Å². The molecule has 0 saturated carbocycles. The number of nitrogens with one attached hydrogen (secondary N) is 1. The monoisotopic (exact) mass is 726 g/mol. The summed E-state index contributed by atoms with van der Waals surface area (Å²) in [5, 5.41) is 5.12. The summed E-state index contributed by atoms with van der Waals surface area (Å²) in [6.45, 7) is 4.59. The number of aromatic nitrogens is 3. The van der Waals surface area contributed by atoms with E-state index >= 15 is 8.78 Å². The first-order valence-electron chi connectivity index (χ1n) is 16.2. The van der Waals surface area contributed by atoms with Crippen LogP contribution in [0.2, 0.25) is 5.02 Å². The number of imidazole rings is 1. The lowest BCUT2D eigenvalue weighted by Gasteiger charge is -2.39. The summed E-state index contributed by atoms with van der Waals surface area (Å²) in [6, 6.07) is 8.86. The highest BCUT2D eigenvalue weighted by molar-refractivity contribution is 7.13. The van der Waals surface area contributed by atoms with E-state index in [1.807, 2.05) is 0 Å². The van der Waals surface area contributed by atoms with Crippen molar-refractivity contribution < 1.29 is 32.3 Å². The molecule has 50 heavy (non-hydrogen) atoms. The molecule has 1 N–H and O–H groups in total. The van der Waals surface area contributed by atoms with E-state index < -0.39 is 54.1 Å². The highest BCUT2D eigenvalue weighted by atomic mass is 35.5. The molecule has 2 aromatic carbocycles. The number of likely N-dealkylation sites (tertiary alicyclic amines) is 1. The number of ether oxygens (including phenoxy) is 1. The zero-order valence-electron chi connectivity index (χ0n) is 27.5. The van der Waals surface area contributed by atoms with Gasteiger partial charge in [0.25, 0.3) is 17.7 Å². The molecular weight excluding hydrogens is 693 g/mol. The van der Waals surface area contributed by atoms with Gasteiger partial charge in [-0.05, 0) is 56.0 Å². The summed E-state index contributed by atoms with van der Waals surface area (Å²) in [7, 11) is 0. The van der Waals surface area contributed by atoms with Gasteiger partial charge in [0.1, 0.15) is 11.8 Å². The molecule has 262 valence electrons. The molecule has 4 aromatic rings. The number of hydrogen-bond acceptors (Lipinski definition) is 7. The molecule has 3 atom stereocenters. The number of carbonyl (C=O) groups excluding carboxylic acids is 3. The maximum atomic E-state index is 15.4. The standard InChI is InChI=1S/C35H34ClF3N6O4S/c1-34(2,3)49-33(48)43-10-8-25(35(38,39)17-43)20-6-4-19(5-7-20)21-12-23-24(26(36)13-21)16-45(31(23)47)29(30(46)42-32-40-9-11-50-32)28-27-14-22(37)15-44(27)18-41-28/h4-7,9,11-13,18,22,25,29H,8,10,14-17H2,1-3H3,(H,40,42,46)/t22-,25?,29?/m1/s1. The number of anilines is 1. The number of benzene rings is 2. The van der Waals surface area contributed by atoms with E-state index in [0.29, 0.717) is 49.4 Å². The highest BCUT2D eigenvalue weighted by Crippen LogP contribution is 2.43. The fourth-order valence-electron chi connectivity index (χ4n) is 6.89. The fourth-order valence-corrected chi connectivity index (χ4v) is 7.70. The minimum absolute atomic E-state index is 0.0185. The normalized spacial score (nSPS) is 20.4. The lowest BCUT2D eigenvalue weighted by molar-refractivity contribution is -0.121. The Bertz CT molecular complexity index is 1960. The average molecular weight is 727 g/mol. The molecule has 10 nitrogen and oxygen atoms in total. The molecule has 2 aromatic heterocycles. The first-order chi connectivity index (χ1) is 23.7. The van der Waals surface area contributed by atoms with E-state index in [1.54, 1.807) is 73.3 Å². The van der Waals surface area contributed by atoms with Crippen LogP contribution < -0.4 is 5.32 Å². The summed E-state index contributed by atoms with van der Waals surface area (Å²) in [6.07, 6.45) is 1.27. The van der Waals surface area contributed by atoms with E-state index in [1.165, 1.54) is 22.6 Å². The molecular formula is C35H34ClF3N6O4S. The Morgan fingerprint density at radius 2 is 1.90 bits per heavy atom. The van der Waals surface area contributed by atoms with Crippen LogP contribution in [0.4, 0.5) is 23.1 Å². The molecule has 3 aliphatic heterocycles. The smallest absolute Gasteiger partial charge is 0.410 e. The third kappa shape index (κ3) is 6.46. The van der Waals surface area contributed by atoms with Gasteiger partial charge in [0.2, 0.25) is 0 Å². The Balaban J connectivity index is 1.13. The van der Waals surface area contributed by atoms with Crippen molar-refractivity contribution in [1.29, 1.82) is 0 Å². The van der Waals surface area contributed by atoms with Crippen LogP contribution in [-0.4, -0.2) is 73.0 Å². The van der Waals surface area contributed by atoms with Crippen LogP contribution in [0, 0.1) is 0 Å². The quantitative estimate of drug-likeness (QED) is 0.224.